The van der Waals surface area contributed by atoms with Gasteiger partial charge in [0, 0.05) is 6.42 Å². The lowest BCUT2D eigenvalue weighted by molar-refractivity contribution is -0.143. The van der Waals surface area contributed by atoms with Crippen molar-refractivity contribution in [2.45, 2.75) is 18.9 Å². The van der Waals surface area contributed by atoms with Gasteiger partial charge in [0.25, 0.3) is 0 Å². The Bertz CT molecular complexity index is 285. The van der Waals surface area contributed by atoms with Crippen LogP contribution in [0.5, 0.6) is 0 Å². The van der Waals surface area contributed by atoms with E-state index in [1.807, 2.05) is 0 Å². The lowest BCUT2D eigenvalue weighted by atomic mass is 10.2. The Kier molecular flexibility index (Phi) is 5.40. The predicted molar refractivity (Wildman–Crippen MR) is 43.7 cm³/mol. The van der Waals surface area contributed by atoms with Crippen LogP contribution in [-0.2, 0) is 18.7 Å². The van der Waals surface area contributed by atoms with Crippen LogP contribution in [-0.4, -0.2) is 38.1 Å². The number of phosphoric ester groups is 1. The summed E-state index contributed by atoms with van der Waals surface area (Å²) in [6, 6.07) is -1.39. The second-order valence-corrected chi connectivity index (χ2v) is 3.68. The number of carboxylic acids is 1. The van der Waals surface area contributed by atoms with Crippen LogP contribution in [0.25, 0.3) is 0 Å². The van der Waals surface area contributed by atoms with Crippen molar-refractivity contribution in [1.29, 1.82) is 0 Å². The topological polar surface area (TPSA) is 153 Å². The third-order valence-corrected chi connectivity index (χ3v) is 1.75. The lowest BCUT2D eigenvalue weighted by Crippen LogP contribution is -2.34. The number of hydrogen-bond donors (Lipinski definition) is 5. The number of carbonyl (C=O) groups is 2. The third kappa shape index (κ3) is 7.00. The minimum absolute atomic E-state index is 0.356. The van der Waals surface area contributed by atoms with E-state index in [1.54, 1.807) is 0 Å². The Balaban J connectivity index is 4.00. The van der Waals surface area contributed by atoms with Gasteiger partial charge in [-0.3, -0.25) is 19.4 Å². The molecule has 0 saturated heterocycles. The standard InChI is InChI=1S/C5H10NO8P/c7-4(14-15(11,12)13)2-1-3(6-10)5(8)9/h3,6,10H,1-2H2,(H,8,9)(H2,11,12,13)/t3-/m0/s1. The predicted octanol–water partition coefficient (Wildman–Crippen LogP) is -1.17. The third-order valence-electron chi connectivity index (χ3n) is 1.31. The van der Waals surface area contributed by atoms with Gasteiger partial charge in [-0.25, -0.2) is 4.57 Å². The smallest absolute Gasteiger partial charge is 0.480 e. The Morgan fingerprint density at radius 2 is 1.93 bits per heavy atom. The van der Waals surface area contributed by atoms with Gasteiger partial charge in [0.2, 0.25) is 0 Å². The minimum Gasteiger partial charge on any atom is -0.480 e. The van der Waals surface area contributed by atoms with Crippen molar-refractivity contribution in [2.75, 3.05) is 0 Å². The van der Waals surface area contributed by atoms with E-state index >= 15 is 0 Å². The molecule has 0 fully saturated rings. The number of phosphoric acid groups is 1. The van der Waals surface area contributed by atoms with Crippen LogP contribution < -0.4 is 5.48 Å². The molecular weight excluding hydrogens is 233 g/mol. The van der Waals surface area contributed by atoms with E-state index < -0.39 is 32.2 Å². The van der Waals surface area contributed by atoms with E-state index in [1.165, 1.54) is 5.48 Å². The monoisotopic (exact) mass is 243 g/mol. The van der Waals surface area contributed by atoms with Crippen molar-refractivity contribution in [3.63, 3.8) is 0 Å². The molecule has 0 spiro atoms. The number of hydroxylamine groups is 1. The number of aliphatic carboxylic acids is 1. The summed E-state index contributed by atoms with van der Waals surface area (Å²) >= 11 is 0. The van der Waals surface area contributed by atoms with E-state index in [2.05, 4.69) is 4.52 Å². The van der Waals surface area contributed by atoms with Crippen molar-refractivity contribution >= 4 is 19.8 Å². The van der Waals surface area contributed by atoms with E-state index in [4.69, 9.17) is 20.1 Å². The fraction of sp³-hybridized carbons (Fsp3) is 0.600. The second-order valence-electron chi connectivity index (χ2n) is 2.51. The first-order valence-electron chi connectivity index (χ1n) is 3.66. The van der Waals surface area contributed by atoms with E-state index in [0.29, 0.717) is 0 Å². The van der Waals surface area contributed by atoms with Crippen LogP contribution in [0.3, 0.4) is 0 Å². The van der Waals surface area contributed by atoms with Crippen molar-refractivity contribution < 1.29 is 38.8 Å². The zero-order chi connectivity index (χ0) is 12.1. The Morgan fingerprint density at radius 3 is 2.27 bits per heavy atom. The average Bonchev–Trinajstić information content (AvgIpc) is 2.01. The Hall–Kier alpha value is -0.990. The molecule has 0 aromatic heterocycles. The fourth-order valence-corrected chi connectivity index (χ4v) is 1.04. The molecular formula is C5H10NO8P. The van der Waals surface area contributed by atoms with E-state index in [0.717, 1.165) is 0 Å². The number of hydrogen-bond acceptors (Lipinski definition) is 6. The molecule has 0 amide bonds. The molecule has 0 aromatic rings. The van der Waals surface area contributed by atoms with Crippen molar-refractivity contribution in [3.8, 4) is 0 Å². The summed E-state index contributed by atoms with van der Waals surface area (Å²) in [5, 5.41) is 16.7. The minimum atomic E-state index is -4.89. The van der Waals surface area contributed by atoms with Gasteiger partial charge in [0.1, 0.15) is 6.04 Å². The number of nitrogens with one attached hydrogen (secondary N) is 1. The summed E-state index contributed by atoms with van der Waals surface area (Å²) in [7, 11) is -4.89. The first-order chi connectivity index (χ1) is 6.76. The van der Waals surface area contributed by atoms with Gasteiger partial charge in [0.15, 0.2) is 0 Å². The maximum atomic E-state index is 10.7. The summed E-state index contributed by atoms with van der Waals surface area (Å²) < 4.78 is 13.8. The molecule has 0 aromatic carbocycles. The highest BCUT2D eigenvalue weighted by atomic mass is 31.2. The molecule has 5 N–H and O–H groups in total. The molecule has 15 heavy (non-hydrogen) atoms. The lowest BCUT2D eigenvalue weighted by Gasteiger charge is -2.09. The van der Waals surface area contributed by atoms with Crippen LogP contribution in [0.4, 0.5) is 0 Å². The van der Waals surface area contributed by atoms with Gasteiger partial charge >= 0.3 is 19.8 Å². The molecule has 10 heteroatoms. The Labute approximate surface area is 83.9 Å². The first kappa shape index (κ1) is 14.0. The SMILES string of the molecule is O=C(CC[C@H](NO)C(=O)O)OP(=O)(O)O. The summed E-state index contributed by atoms with van der Waals surface area (Å²) in [6.07, 6.45) is -0.902. The quantitative estimate of drug-likeness (QED) is 0.287. The molecule has 0 saturated carbocycles. The normalized spacial score (nSPS) is 13.3. The van der Waals surface area contributed by atoms with E-state index in [-0.39, 0.29) is 6.42 Å². The highest BCUT2D eigenvalue weighted by molar-refractivity contribution is 7.46. The van der Waals surface area contributed by atoms with Gasteiger partial charge in [-0.15, -0.1) is 0 Å². The van der Waals surface area contributed by atoms with Crippen molar-refractivity contribution in [2.24, 2.45) is 0 Å². The van der Waals surface area contributed by atoms with Crippen LogP contribution in [0.15, 0.2) is 0 Å². The van der Waals surface area contributed by atoms with Crippen LogP contribution in [0.2, 0.25) is 0 Å². The van der Waals surface area contributed by atoms with Crippen LogP contribution >= 0.6 is 7.82 Å². The molecule has 0 aliphatic heterocycles. The number of rotatable bonds is 6. The molecule has 0 aliphatic rings. The highest BCUT2D eigenvalue weighted by Crippen LogP contribution is 2.36. The van der Waals surface area contributed by atoms with Gasteiger partial charge in [0.05, 0.1) is 0 Å². The summed E-state index contributed by atoms with van der Waals surface area (Å²) in [5.41, 5.74) is 1.42. The maximum Gasteiger partial charge on any atom is 0.526 e. The van der Waals surface area contributed by atoms with Gasteiger partial charge in [-0.1, -0.05) is 0 Å². The van der Waals surface area contributed by atoms with Gasteiger partial charge in [-0.05, 0) is 6.42 Å². The molecule has 0 bridgehead atoms. The molecule has 0 heterocycles. The molecule has 0 rings (SSSR count). The molecule has 0 unspecified atom stereocenters. The molecule has 1 atom stereocenters. The molecule has 0 aliphatic carbocycles. The second kappa shape index (κ2) is 5.79. The van der Waals surface area contributed by atoms with E-state index in [9.17, 15) is 14.2 Å². The summed E-state index contributed by atoms with van der Waals surface area (Å²) in [4.78, 5) is 37.4. The van der Waals surface area contributed by atoms with Crippen molar-refractivity contribution in [3.05, 3.63) is 0 Å². The average molecular weight is 243 g/mol. The zero-order valence-corrected chi connectivity index (χ0v) is 8.26. The highest BCUT2D eigenvalue weighted by Gasteiger charge is 2.23. The van der Waals surface area contributed by atoms with Gasteiger partial charge in [-0.2, -0.15) is 5.48 Å². The molecule has 0 radical (unpaired) electrons. The molecule has 88 valence electrons. The fourth-order valence-electron chi connectivity index (χ4n) is 0.684. The zero-order valence-electron chi connectivity index (χ0n) is 7.36. The number of carboxylic acid groups (broad SMARTS) is 1. The Morgan fingerprint density at radius 1 is 1.40 bits per heavy atom. The first-order valence-corrected chi connectivity index (χ1v) is 5.19. The van der Waals surface area contributed by atoms with Crippen LogP contribution in [0.1, 0.15) is 12.8 Å². The molecule has 9 nitrogen and oxygen atoms in total. The maximum absolute atomic E-state index is 10.7. The van der Waals surface area contributed by atoms with Crippen molar-refractivity contribution in [1.82, 2.24) is 5.48 Å². The largest absolute Gasteiger partial charge is 0.526 e. The summed E-state index contributed by atoms with van der Waals surface area (Å²) in [6.45, 7) is 0. The summed E-state index contributed by atoms with van der Waals surface area (Å²) in [5.74, 6) is -2.65. The van der Waals surface area contributed by atoms with Crippen LogP contribution in [0, 0.1) is 0 Å². The number of carbonyl (C=O) groups excluding carboxylic acids is 1. The van der Waals surface area contributed by atoms with Gasteiger partial charge < -0.3 is 14.8 Å².